The first-order valence-electron chi connectivity index (χ1n) is 6.77. The zero-order valence-corrected chi connectivity index (χ0v) is 14.2. The van der Waals surface area contributed by atoms with E-state index >= 15 is 0 Å². The minimum Gasteiger partial charge on any atom is -0.378 e. The number of halogens is 2. The number of hydrazone groups is 1. The van der Waals surface area contributed by atoms with E-state index in [1.807, 2.05) is 0 Å². The standard InChI is InChI=1S/C13H10Cl2N8O2/c1-6-10(23(22-18-6)12-11(16)20-25-21-12)13(24)19-17-5-7-8(14)3-2-4-9(7)15/h2-5H,1H3,(H2,16,20)(H,19,24)/b17-5-. The van der Waals surface area contributed by atoms with Crippen molar-refractivity contribution in [1.29, 1.82) is 0 Å². The van der Waals surface area contributed by atoms with Crippen molar-refractivity contribution in [3.63, 3.8) is 0 Å². The Balaban J connectivity index is 1.84. The topological polar surface area (TPSA) is 137 Å². The van der Waals surface area contributed by atoms with Gasteiger partial charge in [0.25, 0.3) is 5.91 Å². The van der Waals surface area contributed by atoms with Crippen molar-refractivity contribution in [1.82, 2.24) is 30.7 Å². The fourth-order valence-corrected chi connectivity index (χ4v) is 2.44. The van der Waals surface area contributed by atoms with Crippen LogP contribution in [-0.4, -0.2) is 37.4 Å². The van der Waals surface area contributed by atoms with Crippen molar-refractivity contribution in [2.24, 2.45) is 5.10 Å². The lowest BCUT2D eigenvalue weighted by Crippen LogP contribution is -2.22. The molecular formula is C13H10Cl2N8O2. The molecule has 3 N–H and O–H groups in total. The maximum atomic E-state index is 12.4. The van der Waals surface area contributed by atoms with Crippen molar-refractivity contribution >= 4 is 41.1 Å². The number of nitrogen functional groups attached to an aromatic ring is 1. The van der Waals surface area contributed by atoms with Crippen LogP contribution in [0.5, 0.6) is 0 Å². The van der Waals surface area contributed by atoms with E-state index < -0.39 is 5.91 Å². The monoisotopic (exact) mass is 380 g/mol. The number of anilines is 1. The lowest BCUT2D eigenvalue weighted by molar-refractivity contribution is 0.0946. The Kier molecular flexibility index (Phi) is 4.63. The normalized spacial score (nSPS) is 11.2. The second-order valence-corrected chi connectivity index (χ2v) is 5.56. The summed E-state index contributed by atoms with van der Waals surface area (Å²) in [6.45, 7) is 1.59. The number of hydrogen-bond acceptors (Lipinski definition) is 8. The average Bonchev–Trinajstić information content (AvgIpc) is 3.15. The maximum absolute atomic E-state index is 12.4. The summed E-state index contributed by atoms with van der Waals surface area (Å²) >= 11 is 12.1. The van der Waals surface area contributed by atoms with Crippen LogP contribution < -0.4 is 11.2 Å². The molecule has 2 heterocycles. The molecule has 0 bridgehead atoms. The third-order valence-corrected chi connectivity index (χ3v) is 3.77. The minimum atomic E-state index is -0.593. The summed E-state index contributed by atoms with van der Waals surface area (Å²) in [5.74, 6) is -0.585. The predicted octanol–water partition coefficient (Wildman–Crippen LogP) is 1.61. The van der Waals surface area contributed by atoms with E-state index in [9.17, 15) is 4.79 Å². The molecule has 128 valence electrons. The lowest BCUT2D eigenvalue weighted by Gasteiger charge is -2.03. The Morgan fingerprint density at radius 2 is 2.08 bits per heavy atom. The summed E-state index contributed by atoms with van der Waals surface area (Å²) in [7, 11) is 0. The number of nitrogens with zero attached hydrogens (tertiary/aromatic N) is 6. The van der Waals surface area contributed by atoms with Crippen molar-refractivity contribution in [3.8, 4) is 5.82 Å². The molecule has 0 saturated heterocycles. The molecule has 0 aliphatic heterocycles. The Morgan fingerprint density at radius 3 is 2.72 bits per heavy atom. The van der Waals surface area contributed by atoms with Crippen LogP contribution in [0.4, 0.5) is 5.82 Å². The van der Waals surface area contributed by atoms with Gasteiger partial charge in [0.1, 0.15) is 0 Å². The largest absolute Gasteiger partial charge is 0.378 e. The number of carbonyl (C=O) groups excluding carboxylic acids is 1. The Morgan fingerprint density at radius 1 is 1.36 bits per heavy atom. The Labute approximate surface area is 150 Å². The van der Waals surface area contributed by atoms with Crippen LogP contribution in [0.25, 0.3) is 5.82 Å². The summed E-state index contributed by atoms with van der Waals surface area (Å²) in [5.41, 5.74) is 8.84. The number of nitrogens with one attached hydrogen (secondary N) is 1. The molecule has 0 unspecified atom stereocenters. The summed E-state index contributed by atoms with van der Waals surface area (Å²) in [4.78, 5) is 12.4. The van der Waals surface area contributed by atoms with Gasteiger partial charge in [-0.3, -0.25) is 4.79 Å². The van der Waals surface area contributed by atoms with Gasteiger partial charge >= 0.3 is 0 Å². The molecule has 0 aliphatic carbocycles. The van der Waals surface area contributed by atoms with Gasteiger partial charge in [0, 0.05) is 5.56 Å². The fraction of sp³-hybridized carbons (Fsp3) is 0.0769. The summed E-state index contributed by atoms with van der Waals surface area (Å²) in [6, 6.07) is 5.00. The molecule has 1 amide bonds. The van der Waals surface area contributed by atoms with E-state index in [4.69, 9.17) is 28.9 Å². The quantitative estimate of drug-likeness (QED) is 0.517. The fourth-order valence-electron chi connectivity index (χ4n) is 1.95. The Bertz CT molecular complexity index is 945. The highest BCUT2D eigenvalue weighted by Gasteiger charge is 2.22. The number of aryl methyl sites for hydroxylation is 1. The van der Waals surface area contributed by atoms with Gasteiger partial charge in [-0.1, -0.05) is 34.5 Å². The molecule has 0 atom stereocenters. The smallest absolute Gasteiger partial charge is 0.292 e. The first-order chi connectivity index (χ1) is 12.0. The van der Waals surface area contributed by atoms with Crippen molar-refractivity contribution < 1.29 is 9.42 Å². The van der Waals surface area contributed by atoms with Gasteiger partial charge in [0.15, 0.2) is 5.69 Å². The third-order valence-electron chi connectivity index (χ3n) is 3.11. The van der Waals surface area contributed by atoms with Crippen LogP contribution in [0.15, 0.2) is 27.9 Å². The van der Waals surface area contributed by atoms with Gasteiger partial charge in [-0.2, -0.15) is 9.78 Å². The van der Waals surface area contributed by atoms with E-state index in [-0.39, 0.29) is 17.3 Å². The summed E-state index contributed by atoms with van der Waals surface area (Å²) < 4.78 is 5.61. The van der Waals surface area contributed by atoms with Gasteiger partial charge in [0.05, 0.1) is 22.0 Å². The molecule has 0 aliphatic rings. The van der Waals surface area contributed by atoms with Crippen LogP contribution >= 0.6 is 23.2 Å². The molecular weight excluding hydrogens is 371 g/mol. The van der Waals surface area contributed by atoms with Crippen molar-refractivity contribution in [2.45, 2.75) is 6.92 Å². The van der Waals surface area contributed by atoms with E-state index in [2.05, 4.69) is 35.8 Å². The highest BCUT2D eigenvalue weighted by Crippen LogP contribution is 2.22. The first-order valence-corrected chi connectivity index (χ1v) is 7.52. The minimum absolute atomic E-state index is 0.0368. The van der Waals surface area contributed by atoms with Gasteiger partial charge in [-0.15, -0.1) is 5.10 Å². The van der Waals surface area contributed by atoms with E-state index in [1.165, 1.54) is 6.21 Å². The molecule has 25 heavy (non-hydrogen) atoms. The molecule has 3 rings (SSSR count). The molecule has 0 spiro atoms. The lowest BCUT2D eigenvalue weighted by atomic mass is 10.2. The molecule has 2 aromatic heterocycles. The Hall–Kier alpha value is -2.98. The number of rotatable bonds is 4. The zero-order valence-electron chi connectivity index (χ0n) is 12.6. The van der Waals surface area contributed by atoms with Crippen molar-refractivity contribution in [3.05, 3.63) is 45.2 Å². The number of hydrogen-bond donors (Lipinski definition) is 2. The van der Waals surface area contributed by atoms with Gasteiger partial charge in [-0.05, 0) is 29.4 Å². The molecule has 1 aromatic carbocycles. The van der Waals surface area contributed by atoms with Crippen LogP contribution in [0.2, 0.25) is 10.0 Å². The molecule has 10 nitrogen and oxygen atoms in total. The molecule has 3 aromatic rings. The highest BCUT2D eigenvalue weighted by molar-refractivity contribution is 6.38. The number of carbonyl (C=O) groups is 1. The van der Waals surface area contributed by atoms with E-state index in [0.717, 1.165) is 4.68 Å². The van der Waals surface area contributed by atoms with Crippen LogP contribution in [-0.2, 0) is 0 Å². The number of nitrogens with two attached hydrogens (primary N) is 1. The zero-order chi connectivity index (χ0) is 18.0. The number of amides is 1. The number of aromatic nitrogens is 5. The first kappa shape index (κ1) is 16.9. The highest BCUT2D eigenvalue weighted by atomic mass is 35.5. The molecule has 12 heteroatoms. The van der Waals surface area contributed by atoms with Crippen molar-refractivity contribution in [2.75, 3.05) is 5.73 Å². The molecule has 0 fully saturated rings. The second-order valence-electron chi connectivity index (χ2n) is 4.74. The van der Waals surface area contributed by atoms with Gasteiger partial charge in [0.2, 0.25) is 11.6 Å². The number of benzene rings is 1. The summed E-state index contributed by atoms with van der Waals surface area (Å²) in [6.07, 6.45) is 1.33. The second kappa shape index (κ2) is 6.87. The van der Waals surface area contributed by atoms with Crippen LogP contribution in [0.3, 0.4) is 0 Å². The van der Waals surface area contributed by atoms with Gasteiger partial charge in [-0.25, -0.2) is 10.1 Å². The predicted molar refractivity (Wildman–Crippen MR) is 89.9 cm³/mol. The van der Waals surface area contributed by atoms with Crippen LogP contribution in [0, 0.1) is 6.92 Å². The average molecular weight is 381 g/mol. The molecule has 0 radical (unpaired) electrons. The SMILES string of the molecule is Cc1nnn(-c2nonc2N)c1C(=O)N/N=C\c1c(Cl)cccc1Cl. The van der Waals surface area contributed by atoms with Gasteiger partial charge < -0.3 is 5.73 Å². The van der Waals surface area contributed by atoms with Crippen LogP contribution in [0.1, 0.15) is 21.7 Å². The van der Waals surface area contributed by atoms with E-state index in [1.54, 1.807) is 25.1 Å². The summed E-state index contributed by atoms with van der Waals surface area (Å²) in [5, 5.41) is 19.3. The van der Waals surface area contributed by atoms with E-state index in [0.29, 0.717) is 21.3 Å². The third kappa shape index (κ3) is 3.30. The molecule has 0 saturated carbocycles. The maximum Gasteiger partial charge on any atom is 0.292 e.